The molecule has 1 saturated carbocycles. The van der Waals surface area contributed by atoms with E-state index in [0.29, 0.717) is 0 Å². The zero-order valence-electron chi connectivity index (χ0n) is 11.2. The molecule has 0 bridgehead atoms. The smallest absolute Gasteiger partial charge is 0.128 e. The van der Waals surface area contributed by atoms with Crippen molar-refractivity contribution in [2.45, 2.75) is 58.9 Å². The van der Waals surface area contributed by atoms with Gasteiger partial charge in [0.25, 0.3) is 0 Å². The number of aryl methyl sites for hydroxylation is 3. The first-order valence-electron chi connectivity index (χ1n) is 6.77. The van der Waals surface area contributed by atoms with Crippen LogP contribution in [0.25, 0.3) is 0 Å². The molecule has 1 aromatic rings. The molecule has 2 rings (SSSR count). The molecule has 0 amide bonds. The van der Waals surface area contributed by atoms with Crippen LogP contribution in [0.1, 0.15) is 49.0 Å². The van der Waals surface area contributed by atoms with E-state index in [9.17, 15) is 0 Å². The highest BCUT2D eigenvalue weighted by Gasteiger charge is 2.20. The fourth-order valence-electron chi connectivity index (χ4n) is 2.19. The number of aromatic nitrogens is 2. The molecule has 1 aromatic heterocycles. The summed E-state index contributed by atoms with van der Waals surface area (Å²) in [6, 6.07) is 0.788. The van der Waals surface area contributed by atoms with E-state index < -0.39 is 0 Å². The van der Waals surface area contributed by atoms with Crippen molar-refractivity contribution in [1.82, 2.24) is 15.3 Å². The summed E-state index contributed by atoms with van der Waals surface area (Å²) < 4.78 is 0. The summed E-state index contributed by atoms with van der Waals surface area (Å²) in [6.45, 7) is 7.45. The van der Waals surface area contributed by atoms with Gasteiger partial charge in [0.05, 0.1) is 0 Å². The van der Waals surface area contributed by atoms with Gasteiger partial charge in [-0.15, -0.1) is 0 Å². The van der Waals surface area contributed by atoms with E-state index in [0.717, 1.165) is 37.7 Å². The predicted molar refractivity (Wildman–Crippen MR) is 70.2 cm³/mol. The Morgan fingerprint density at radius 3 is 2.29 bits per heavy atom. The molecule has 1 aliphatic carbocycles. The maximum atomic E-state index is 4.60. The van der Waals surface area contributed by atoms with E-state index in [1.54, 1.807) is 0 Å². The van der Waals surface area contributed by atoms with Gasteiger partial charge in [0, 0.05) is 23.9 Å². The molecular formula is C14H23N3. The minimum absolute atomic E-state index is 0.788. The van der Waals surface area contributed by atoms with Crippen molar-refractivity contribution >= 4 is 0 Å². The number of rotatable bonds is 6. The van der Waals surface area contributed by atoms with Crippen LogP contribution in [0.15, 0.2) is 0 Å². The second-order valence-electron chi connectivity index (χ2n) is 5.02. The van der Waals surface area contributed by atoms with Crippen LogP contribution in [0.2, 0.25) is 0 Å². The molecule has 1 fully saturated rings. The SMILES string of the molecule is CCCc1nc(C)c(CCNC2CC2)c(C)n1. The lowest BCUT2D eigenvalue weighted by Crippen LogP contribution is -2.20. The van der Waals surface area contributed by atoms with E-state index in [1.807, 2.05) is 0 Å². The standard InChI is InChI=1S/C14H23N3/c1-4-5-14-16-10(2)13(11(3)17-14)8-9-15-12-6-7-12/h12,15H,4-9H2,1-3H3. The van der Waals surface area contributed by atoms with E-state index >= 15 is 0 Å². The van der Waals surface area contributed by atoms with Crippen LogP contribution >= 0.6 is 0 Å². The number of nitrogens with zero attached hydrogens (tertiary/aromatic N) is 2. The molecule has 0 unspecified atom stereocenters. The van der Waals surface area contributed by atoms with Crippen molar-refractivity contribution in [2.75, 3.05) is 6.54 Å². The Labute approximate surface area is 104 Å². The van der Waals surface area contributed by atoms with Crippen LogP contribution in [0.4, 0.5) is 0 Å². The van der Waals surface area contributed by atoms with E-state index in [-0.39, 0.29) is 0 Å². The Hall–Kier alpha value is -0.960. The van der Waals surface area contributed by atoms with Gasteiger partial charge in [-0.3, -0.25) is 0 Å². The summed E-state index contributed by atoms with van der Waals surface area (Å²) in [5.74, 6) is 1.00. The molecule has 0 atom stereocenters. The average molecular weight is 233 g/mol. The van der Waals surface area contributed by atoms with Crippen LogP contribution in [0, 0.1) is 13.8 Å². The van der Waals surface area contributed by atoms with E-state index in [4.69, 9.17) is 0 Å². The van der Waals surface area contributed by atoms with Gasteiger partial charge in [0.2, 0.25) is 0 Å². The zero-order valence-corrected chi connectivity index (χ0v) is 11.2. The van der Waals surface area contributed by atoms with Crippen molar-refractivity contribution in [1.29, 1.82) is 0 Å². The Morgan fingerprint density at radius 1 is 1.12 bits per heavy atom. The third-order valence-electron chi connectivity index (χ3n) is 3.33. The highest BCUT2D eigenvalue weighted by Crippen LogP contribution is 2.19. The molecule has 94 valence electrons. The van der Waals surface area contributed by atoms with Gasteiger partial charge >= 0.3 is 0 Å². The summed E-state index contributed by atoms with van der Waals surface area (Å²) in [5, 5.41) is 3.54. The molecule has 0 aliphatic heterocycles. The Kier molecular flexibility index (Phi) is 4.11. The minimum Gasteiger partial charge on any atom is -0.314 e. The zero-order chi connectivity index (χ0) is 12.3. The van der Waals surface area contributed by atoms with Crippen molar-refractivity contribution < 1.29 is 0 Å². The fraction of sp³-hybridized carbons (Fsp3) is 0.714. The van der Waals surface area contributed by atoms with Gasteiger partial charge in [-0.2, -0.15) is 0 Å². The minimum atomic E-state index is 0.788. The first-order chi connectivity index (χ1) is 8.20. The second-order valence-corrected chi connectivity index (χ2v) is 5.02. The topological polar surface area (TPSA) is 37.8 Å². The van der Waals surface area contributed by atoms with Crippen molar-refractivity contribution in [2.24, 2.45) is 0 Å². The van der Waals surface area contributed by atoms with Crippen molar-refractivity contribution in [3.8, 4) is 0 Å². The largest absolute Gasteiger partial charge is 0.314 e. The van der Waals surface area contributed by atoms with Crippen LogP contribution in [-0.4, -0.2) is 22.6 Å². The first kappa shape index (κ1) is 12.5. The van der Waals surface area contributed by atoms with Crippen molar-refractivity contribution in [3.05, 3.63) is 22.8 Å². The third-order valence-corrected chi connectivity index (χ3v) is 3.33. The quantitative estimate of drug-likeness (QED) is 0.819. The van der Waals surface area contributed by atoms with Crippen LogP contribution < -0.4 is 5.32 Å². The van der Waals surface area contributed by atoms with Crippen molar-refractivity contribution in [3.63, 3.8) is 0 Å². The van der Waals surface area contributed by atoms with Gasteiger partial charge in [-0.1, -0.05) is 6.92 Å². The van der Waals surface area contributed by atoms with Crippen LogP contribution in [0.3, 0.4) is 0 Å². The van der Waals surface area contributed by atoms with Gasteiger partial charge in [-0.25, -0.2) is 9.97 Å². The molecule has 0 saturated heterocycles. The molecule has 1 N–H and O–H groups in total. The van der Waals surface area contributed by atoms with E-state index in [1.165, 1.54) is 29.8 Å². The van der Waals surface area contributed by atoms with Gasteiger partial charge < -0.3 is 5.32 Å². The molecule has 1 heterocycles. The fourth-order valence-corrected chi connectivity index (χ4v) is 2.19. The Morgan fingerprint density at radius 2 is 1.76 bits per heavy atom. The summed E-state index contributed by atoms with van der Waals surface area (Å²) in [4.78, 5) is 9.20. The molecule has 1 aliphatic rings. The lowest BCUT2D eigenvalue weighted by molar-refractivity contribution is 0.672. The van der Waals surface area contributed by atoms with Gasteiger partial charge in [0.1, 0.15) is 5.82 Å². The molecule has 3 nitrogen and oxygen atoms in total. The summed E-state index contributed by atoms with van der Waals surface area (Å²) in [5.41, 5.74) is 3.66. The number of nitrogens with one attached hydrogen (secondary N) is 1. The highest BCUT2D eigenvalue weighted by atomic mass is 14.9. The maximum absolute atomic E-state index is 4.60. The highest BCUT2D eigenvalue weighted by molar-refractivity contribution is 5.24. The van der Waals surface area contributed by atoms with Gasteiger partial charge in [-0.05, 0) is 51.6 Å². The van der Waals surface area contributed by atoms with Crippen LogP contribution in [-0.2, 0) is 12.8 Å². The molecule has 0 spiro atoms. The summed E-state index contributed by atoms with van der Waals surface area (Å²) >= 11 is 0. The Balaban J connectivity index is 1.99. The summed E-state index contributed by atoms with van der Waals surface area (Å²) in [6.07, 6.45) is 5.86. The maximum Gasteiger partial charge on any atom is 0.128 e. The van der Waals surface area contributed by atoms with E-state index in [2.05, 4.69) is 36.1 Å². The molecule has 0 aromatic carbocycles. The lowest BCUT2D eigenvalue weighted by atomic mass is 10.1. The van der Waals surface area contributed by atoms with Gasteiger partial charge in [0.15, 0.2) is 0 Å². The predicted octanol–water partition coefficient (Wildman–Crippen LogP) is 2.34. The monoisotopic (exact) mass is 233 g/mol. The molecule has 3 heteroatoms. The average Bonchev–Trinajstić information content (AvgIpc) is 3.06. The second kappa shape index (κ2) is 5.58. The summed E-state index contributed by atoms with van der Waals surface area (Å²) in [7, 11) is 0. The number of hydrogen-bond donors (Lipinski definition) is 1. The normalized spacial score (nSPS) is 15.2. The Bertz CT molecular complexity index is 360. The third kappa shape index (κ3) is 3.50. The first-order valence-corrected chi connectivity index (χ1v) is 6.77. The molecule has 17 heavy (non-hydrogen) atoms. The number of hydrogen-bond acceptors (Lipinski definition) is 3. The van der Waals surface area contributed by atoms with Crippen LogP contribution in [0.5, 0.6) is 0 Å². The lowest BCUT2D eigenvalue weighted by Gasteiger charge is -2.11. The molecular weight excluding hydrogens is 210 g/mol. The molecule has 0 radical (unpaired) electrons.